The van der Waals surface area contributed by atoms with Gasteiger partial charge in [0.1, 0.15) is 18.2 Å². The van der Waals surface area contributed by atoms with Crippen LogP contribution in [-0.2, 0) is 6.61 Å². The van der Waals surface area contributed by atoms with Crippen LogP contribution in [-0.4, -0.2) is 16.1 Å². The third kappa shape index (κ3) is 2.60. The summed E-state index contributed by atoms with van der Waals surface area (Å²) in [5.74, 6) is -1.42. The highest BCUT2D eigenvalue weighted by Crippen LogP contribution is 2.26. The average Bonchev–Trinajstić information content (AvgIpc) is 2.76. The van der Waals surface area contributed by atoms with Gasteiger partial charge in [0.2, 0.25) is 0 Å². The molecule has 2 aromatic rings. The zero-order valence-corrected chi connectivity index (χ0v) is 9.65. The molecule has 1 aromatic heterocycles. The molecule has 0 spiro atoms. The van der Waals surface area contributed by atoms with Gasteiger partial charge in [-0.2, -0.15) is 0 Å². The maximum absolute atomic E-state index is 12.8. The number of hydrogen-bond donors (Lipinski definition) is 1. The number of carbonyl (C=O) groups is 1. The van der Waals surface area contributed by atoms with Gasteiger partial charge in [0.05, 0.1) is 5.02 Å². The molecule has 0 saturated carbocycles. The Hall–Kier alpha value is -2.08. The van der Waals surface area contributed by atoms with Crippen LogP contribution in [0.15, 0.2) is 29.0 Å². The van der Waals surface area contributed by atoms with Gasteiger partial charge in [-0.25, -0.2) is 14.2 Å². The van der Waals surface area contributed by atoms with E-state index in [0.717, 1.165) is 12.5 Å². The second-order valence-electron chi connectivity index (χ2n) is 3.29. The summed E-state index contributed by atoms with van der Waals surface area (Å²) < 4.78 is 22.9. The second kappa shape index (κ2) is 5.05. The van der Waals surface area contributed by atoms with E-state index in [1.807, 2.05) is 0 Å². The van der Waals surface area contributed by atoms with Crippen molar-refractivity contribution in [3.05, 3.63) is 46.9 Å². The predicted octanol–water partition coefficient (Wildman–Crippen LogP) is 2.74. The van der Waals surface area contributed by atoms with Gasteiger partial charge in [-0.05, 0) is 18.2 Å². The number of halogens is 2. The van der Waals surface area contributed by atoms with Crippen LogP contribution in [0, 0.1) is 5.82 Å². The first kappa shape index (κ1) is 12.4. The second-order valence-corrected chi connectivity index (χ2v) is 3.70. The Bertz CT molecular complexity index is 584. The van der Waals surface area contributed by atoms with E-state index in [-0.39, 0.29) is 28.8 Å². The SMILES string of the molecule is O=C(O)c1ncoc1COc1ccc(F)cc1Cl. The fourth-order valence-corrected chi connectivity index (χ4v) is 1.50. The minimum atomic E-state index is -1.22. The number of aromatic nitrogens is 1. The largest absolute Gasteiger partial charge is 0.484 e. The monoisotopic (exact) mass is 271 g/mol. The lowest BCUT2D eigenvalue weighted by atomic mass is 10.3. The molecule has 1 N–H and O–H groups in total. The van der Waals surface area contributed by atoms with Crippen molar-refractivity contribution < 1.29 is 23.4 Å². The molecule has 0 fully saturated rings. The average molecular weight is 272 g/mol. The van der Waals surface area contributed by atoms with Crippen molar-refractivity contribution in [1.82, 2.24) is 4.98 Å². The Morgan fingerprint density at radius 1 is 1.56 bits per heavy atom. The topological polar surface area (TPSA) is 72.6 Å². The maximum atomic E-state index is 12.8. The molecule has 1 aromatic carbocycles. The number of oxazole rings is 1. The van der Waals surface area contributed by atoms with Gasteiger partial charge in [0.15, 0.2) is 17.8 Å². The lowest BCUT2D eigenvalue weighted by Crippen LogP contribution is -2.04. The lowest BCUT2D eigenvalue weighted by molar-refractivity contribution is 0.0686. The summed E-state index contributed by atoms with van der Waals surface area (Å²) in [7, 11) is 0. The van der Waals surface area contributed by atoms with E-state index in [0.29, 0.717) is 0 Å². The Kier molecular flexibility index (Phi) is 3.47. The number of rotatable bonds is 4. The maximum Gasteiger partial charge on any atom is 0.358 e. The van der Waals surface area contributed by atoms with E-state index in [1.165, 1.54) is 12.1 Å². The summed E-state index contributed by atoms with van der Waals surface area (Å²) >= 11 is 5.74. The normalized spacial score (nSPS) is 10.3. The zero-order valence-electron chi connectivity index (χ0n) is 8.89. The molecule has 1 heterocycles. The Balaban J connectivity index is 2.11. The summed E-state index contributed by atoms with van der Waals surface area (Å²) in [4.78, 5) is 14.3. The van der Waals surface area contributed by atoms with Gasteiger partial charge in [-0.15, -0.1) is 0 Å². The lowest BCUT2D eigenvalue weighted by Gasteiger charge is -2.06. The van der Waals surface area contributed by atoms with Crippen molar-refractivity contribution in [1.29, 1.82) is 0 Å². The third-order valence-electron chi connectivity index (χ3n) is 2.10. The molecule has 18 heavy (non-hydrogen) atoms. The first-order valence-corrected chi connectivity index (χ1v) is 5.19. The molecule has 0 unspecified atom stereocenters. The van der Waals surface area contributed by atoms with E-state index < -0.39 is 11.8 Å². The van der Waals surface area contributed by atoms with Crippen molar-refractivity contribution >= 4 is 17.6 Å². The van der Waals surface area contributed by atoms with Crippen molar-refractivity contribution in [3.63, 3.8) is 0 Å². The molecule has 5 nitrogen and oxygen atoms in total. The molecular weight excluding hydrogens is 265 g/mol. The Labute approximate surface area is 106 Å². The van der Waals surface area contributed by atoms with Crippen LogP contribution in [0.3, 0.4) is 0 Å². The Morgan fingerprint density at radius 2 is 2.33 bits per heavy atom. The molecular formula is C11H7ClFNO4. The fraction of sp³-hybridized carbons (Fsp3) is 0.0909. The number of benzene rings is 1. The minimum Gasteiger partial charge on any atom is -0.484 e. The predicted molar refractivity (Wildman–Crippen MR) is 59.2 cm³/mol. The van der Waals surface area contributed by atoms with Gasteiger partial charge in [-0.3, -0.25) is 0 Å². The summed E-state index contributed by atoms with van der Waals surface area (Å²) in [5, 5.41) is 8.88. The zero-order chi connectivity index (χ0) is 13.1. The molecule has 7 heteroatoms. The number of ether oxygens (including phenoxy) is 1. The Morgan fingerprint density at radius 3 is 3.00 bits per heavy atom. The first-order valence-electron chi connectivity index (χ1n) is 4.81. The minimum absolute atomic E-state index is 0.0582. The van der Waals surface area contributed by atoms with Crippen molar-refractivity contribution in [2.24, 2.45) is 0 Å². The van der Waals surface area contributed by atoms with Gasteiger partial charge in [0.25, 0.3) is 0 Å². The molecule has 0 aliphatic heterocycles. The van der Waals surface area contributed by atoms with Crippen LogP contribution in [0.5, 0.6) is 5.75 Å². The van der Waals surface area contributed by atoms with Crippen LogP contribution in [0.1, 0.15) is 16.2 Å². The van der Waals surface area contributed by atoms with E-state index in [4.69, 9.17) is 25.9 Å². The van der Waals surface area contributed by atoms with Crippen molar-refractivity contribution in [3.8, 4) is 5.75 Å². The number of nitrogens with zero attached hydrogens (tertiary/aromatic N) is 1. The smallest absolute Gasteiger partial charge is 0.358 e. The summed E-state index contributed by atoms with van der Waals surface area (Å²) in [5.41, 5.74) is -0.228. The summed E-state index contributed by atoms with van der Waals surface area (Å²) in [6, 6.07) is 3.61. The first-order chi connectivity index (χ1) is 8.58. The quantitative estimate of drug-likeness (QED) is 0.925. The highest BCUT2D eigenvalue weighted by Gasteiger charge is 2.16. The highest BCUT2D eigenvalue weighted by molar-refractivity contribution is 6.32. The summed E-state index contributed by atoms with van der Waals surface area (Å²) in [6.45, 7) is -0.160. The van der Waals surface area contributed by atoms with E-state index in [2.05, 4.69) is 4.98 Å². The number of hydrogen-bond acceptors (Lipinski definition) is 4. The number of carboxylic acid groups (broad SMARTS) is 1. The number of carboxylic acids is 1. The molecule has 0 atom stereocenters. The van der Waals surface area contributed by atoms with Gasteiger partial charge >= 0.3 is 5.97 Å². The molecule has 0 aliphatic carbocycles. The molecule has 0 aliphatic rings. The number of aromatic carboxylic acids is 1. The van der Waals surface area contributed by atoms with Gasteiger partial charge < -0.3 is 14.3 Å². The van der Waals surface area contributed by atoms with E-state index >= 15 is 0 Å². The van der Waals surface area contributed by atoms with Crippen molar-refractivity contribution in [2.75, 3.05) is 0 Å². The molecule has 0 saturated heterocycles. The fourth-order valence-electron chi connectivity index (χ4n) is 1.28. The van der Waals surface area contributed by atoms with Crippen LogP contribution < -0.4 is 4.74 Å². The standard InChI is InChI=1S/C11H7ClFNO4/c12-7-3-6(13)1-2-8(7)17-4-9-10(11(15)16)14-5-18-9/h1-3,5H,4H2,(H,15,16). The summed E-state index contributed by atoms with van der Waals surface area (Å²) in [6.07, 6.45) is 1.01. The molecule has 94 valence electrons. The highest BCUT2D eigenvalue weighted by atomic mass is 35.5. The van der Waals surface area contributed by atoms with Gasteiger partial charge in [0, 0.05) is 0 Å². The van der Waals surface area contributed by atoms with Crippen LogP contribution in [0.4, 0.5) is 4.39 Å². The van der Waals surface area contributed by atoms with E-state index in [1.54, 1.807) is 0 Å². The molecule has 0 bridgehead atoms. The van der Waals surface area contributed by atoms with Crippen LogP contribution in [0.2, 0.25) is 5.02 Å². The van der Waals surface area contributed by atoms with Crippen molar-refractivity contribution in [2.45, 2.75) is 6.61 Å². The van der Waals surface area contributed by atoms with Gasteiger partial charge in [-0.1, -0.05) is 11.6 Å². The molecule has 0 amide bonds. The van der Waals surface area contributed by atoms with Crippen LogP contribution >= 0.6 is 11.6 Å². The third-order valence-corrected chi connectivity index (χ3v) is 2.39. The van der Waals surface area contributed by atoms with Crippen LogP contribution in [0.25, 0.3) is 0 Å². The molecule has 2 rings (SSSR count). The molecule has 0 radical (unpaired) electrons. The van der Waals surface area contributed by atoms with E-state index in [9.17, 15) is 9.18 Å².